The maximum Gasteiger partial charge on any atom is 0.270 e. The van der Waals surface area contributed by atoms with Gasteiger partial charge in [0.05, 0.1) is 5.92 Å². The van der Waals surface area contributed by atoms with Gasteiger partial charge in [0.15, 0.2) is 0 Å². The zero-order valence-electron chi connectivity index (χ0n) is 17.9. The van der Waals surface area contributed by atoms with Crippen molar-refractivity contribution in [2.24, 2.45) is 5.92 Å². The van der Waals surface area contributed by atoms with Crippen molar-refractivity contribution in [3.8, 4) is 0 Å². The third kappa shape index (κ3) is 4.69. The summed E-state index contributed by atoms with van der Waals surface area (Å²) in [5.74, 6) is -0.882. The van der Waals surface area contributed by atoms with E-state index in [0.29, 0.717) is 43.2 Å². The lowest BCUT2D eigenvalue weighted by atomic mass is 9.98. The number of aromatic nitrogens is 1. The average molecular weight is 479 g/mol. The van der Waals surface area contributed by atoms with Crippen LogP contribution in [0.25, 0.3) is 0 Å². The molecule has 1 atom stereocenters. The van der Waals surface area contributed by atoms with Crippen molar-refractivity contribution in [2.45, 2.75) is 37.5 Å². The van der Waals surface area contributed by atoms with E-state index in [9.17, 15) is 18.0 Å². The van der Waals surface area contributed by atoms with Gasteiger partial charge in [0, 0.05) is 43.1 Å². The minimum absolute atomic E-state index is 0.0480. The minimum Gasteiger partial charge on any atom is -0.356 e. The second-order valence-electron chi connectivity index (χ2n) is 8.40. The largest absolute Gasteiger partial charge is 0.356 e. The van der Waals surface area contributed by atoms with Crippen molar-refractivity contribution in [3.63, 3.8) is 0 Å². The summed E-state index contributed by atoms with van der Waals surface area (Å²) in [7, 11) is -3.82. The zero-order valence-corrected chi connectivity index (χ0v) is 19.5. The van der Waals surface area contributed by atoms with Gasteiger partial charge >= 0.3 is 0 Å². The lowest BCUT2D eigenvalue weighted by molar-refractivity contribution is -0.120. The predicted molar refractivity (Wildman–Crippen MR) is 122 cm³/mol. The first kappa shape index (κ1) is 22.8. The molecular formula is C22H27ClN4O4S. The molecule has 2 amide bonds. The molecule has 2 N–H and O–H groups in total. The number of hydrogen-bond donors (Lipinski definition) is 2. The van der Waals surface area contributed by atoms with Gasteiger partial charge in [-0.3, -0.25) is 9.59 Å². The maximum atomic E-state index is 13.2. The Bertz CT molecular complexity index is 1120. The summed E-state index contributed by atoms with van der Waals surface area (Å²) in [4.78, 5) is 30.0. The van der Waals surface area contributed by atoms with Gasteiger partial charge in [-0.05, 0) is 56.4 Å². The average Bonchev–Trinajstić information content (AvgIpc) is 3.49. The quantitative estimate of drug-likeness (QED) is 0.688. The van der Waals surface area contributed by atoms with Gasteiger partial charge in [-0.15, -0.1) is 0 Å². The number of aromatic amines is 1. The number of nitrogens with zero attached hydrogens (tertiary/aromatic N) is 2. The number of amides is 2. The van der Waals surface area contributed by atoms with E-state index in [2.05, 4.69) is 10.3 Å². The number of halogens is 1. The van der Waals surface area contributed by atoms with Crippen LogP contribution in [0.2, 0.25) is 5.02 Å². The monoisotopic (exact) mass is 478 g/mol. The van der Waals surface area contributed by atoms with E-state index >= 15 is 0 Å². The van der Waals surface area contributed by atoms with E-state index in [4.69, 9.17) is 11.6 Å². The summed E-state index contributed by atoms with van der Waals surface area (Å²) in [5, 5.41) is 3.40. The molecule has 2 aliphatic rings. The number of aryl methyl sites for hydroxylation is 1. The number of carbonyl (C=O) groups is 2. The fraction of sp³-hybridized carbons (Fsp3) is 0.455. The summed E-state index contributed by atoms with van der Waals surface area (Å²) >= 11 is 6.03. The van der Waals surface area contributed by atoms with Crippen LogP contribution in [-0.4, -0.2) is 60.6 Å². The number of piperidine rings is 1. The normalized spacial score (nSPS) is 19.8. The fourth-order valence-electron chi connectivity index (χ4n) is 4.22. The lowest BCUT2D eigenvalue weighted by Gasteiger charge is -2.31. The fourth-order valence-corrected chi connectivity index (χ4v) is 5.92. The molecule has 2 aliphatic heterocycles. The van der Waals surface area contributed by atoms with Gasteiger partial charge < -0.3 is 15.2 Å². The summed E-state index contributed by atoms with van der Waals surface area (Å²) in [6.45, 7) is 3.68. The van der Waals surface area contributed by atoms with Crippen LogP contribution in [0, 0.1) is 12.8 Å². The number of hydrogen-bond acceptors (Lipinski definition) is 4. The summed E-state index contributed by atoms with van der Waals surface area (Å²) in [6, 6.07) is 6.66. The van der Waals surface area contributed by atoms with Crippen LogP contribution < -0.4 is 5.32 Å². The third-order valence-corrected chi connectivity index (χ3v) is 8.21. The predicted octanol–water partition coefficient (Wildman–Crippen LogP) is 3.25. The number of rotatable bonds is 5. The highest BCUT2D eigenvalue weighted by molar-refractivity contribution is 7.89. The highest BCUT2D eigenvalue weighted by Gasteiger charge is 2.34. The van der Waals surface area contributed by atoms with E-state index in [1.54, 1.807) is 17.0 Å². The van der Waals surface area contributed by atoms with Crippen LogP contribution in [0.5, 0.6) is 0 Å². The van der Waals surface area contributed by atoms with Gasteiger partial charge in [-0.1, -0.05) is 17.7 Å². The van der Waals surface area contributed by atoms with Crippen molar-refractivity contribution < 1.29 is 18.0 Å². The number of nitrogens with one attached hydrogen (secondary N) is 2. The van der Waals surface area contributed by atoms with Crippen LogP contribution in [0.3, 0.4) is 0 Å². The maximum absolute atomic E-state index is 13.2. The van der Waals surface area contributed by atoms with Crippen molar-refractivity contribution in [3.05, 3.63) is 46.7 Å². The second kappa shape index (κ2) is 9.25. The Balaban J connectivity index is 1.46. The molecule has 0 radical (unpaired) electrons. The van der Waals surface area contributed by atoms with Crippen LogP contribution in [0.15, 0.2) is 35.4 Å². The molecule has 2 fully saturated rings. The van der Waals surface area contributed by atoms with Gasteiger partial charge in [0.1, 0.15) is 10.6 Å². The van der Waals surface area contributed by atoms with Crippen LogP contribution >= 0.6 is 11.6 Å². The minimum atomic E-state index is -3.82. The van der Waals surface area contributed by atoms with Gasteiger partial charge in [0.2, 0.25) is 15.9 Å². The van der Waals surface area contributed by atoms with Crippen molar-refractivity contribution in [2.75, 3.05) is 31.5 Å². The van der Waals surface area contributed by atoms with E-state index in [1.807, 2.05) is 13.0 Å². The standard InChI is InChI=1S/C22H27ClN4O4S/c1-15-6-7-17(23)11-19(15)25-21(28)16-5-4-10-27(14-16)32(30,31)18-12-20(24-13-18)22(29)26-8-2-3-9-26/h6-7,11-13,16,24H,2-5,8-10,14H2,1H3,(H,25,28). The van der Waals surface area contributed by atoms with Crippen molar-refractivity contribution >= 4 is 39.1 Å². The molecule has 0 spiro atoms. The van der Waals surface area contributed by atoms with Crippen molar-refractivity contribution in [1.29, 1.82) is 0 Å². The number of benzene rings is 1. The molecule has 0 bridgehead atoms. The molecule has 0 saturated carbocycles. The van der Waals surface area contributed by atoms with Gasteiger partial charge in [-0.2, -0.15) is 4.31 Å². The van der Waals surface area contributed by atoms with Gasteiger partial charge in [-0.25, -0.2) is 8.42 Å². The molecule has 3 heterocycles. The Morgan fingerprint density at radius 1 is 1.12 bits per heavy atom. The Morgan fingerprint density at radius 2 is 1.88 bits per heavy atom. The molecular weight excluding hydrogens is 452 g/mol. The SMILES string of the molecule is Cc1ccc(Cl)cc1NC(=O)C1CCCN(S(=O)(=O)c2c[nH]c(C(=O)N3CCCC3)c2)C1. The summed E-state index contributed by atoms with van der Waals surface area (Å²) in [5.41, 5.74) is 1.77. The van der Waals surface area contributed by atoms with Crippen LogP contribution in [-0.2, 0) is 14.8 Å². The number of carbonyl (C=O) groups excluding carboxylic acids is 2. The van der Waals surface area contributed by atoms with E-state index < -0.39 is 15.9 Å². The molecule has 2 saturated heterocycles. The van der Waals surface area contributed by atoms with E-state index in [-0.39, 0.29) is 28.9 Å². The topological polar surface area (TPSA) is 103 Å². The number of sulfonamides is 1. The molecule has 10 heteroatoms. The molecule has 4 rings (SSSR count). The molecule has 0 aliphatic carbocycles. The van der Waals surface area contributed by atoms with Crippen molar-refractivity contribution in [1.82, 2.24) is 14.2 Å². The molecule has 172 valence electrons. The Morgan fingerprint density at radius 3 is 2.62 bits per heavy atom. The van der Waals surface area contributed by atoms with E-state index in [1.165, 1.54) is 16.6 Å². The molecule has 32 heavy (non-hydrogen) atoms. The van der Waals surface area contributed by atoms with Crippen LogP contribution in [0.1, 0.15) is 41.7 Å². The second-order valence-corrected chi connectivity index (χ2v) is 10.8. The molecule has 8 nitrogen and oxygen atoms in total. The van der Waals surface area contributed by atoms with E-state index in [0.717, 1.165) is 18.4 Å². The highest BCUT2D eigenvalue weighted by atomic mass is 35.5. The zero-order chi connectivity index (χ0) is 22.9. The molecule has 1 unspecified atom stereocenters. The number of anilines is 1. The molecule has 1 aromatic carbocycles. The first-order valence-corrected chi connectivity index (χ1v) is 12.6. The summed E-state index contributed by atoms with van der Waals surface area (Å²) in [6.07, 6.45) is 4.46. The molecule has 2 aromatic rings. The summed E-state index contributed by atoms with van der Waals surface area (Å²) < 4.78 is 27.7. The Labute approximate surface area is 193 Å². The van der Waals surface area contributed by atoms with Gasteiger partial charge in [0.25, 0.3) is 5.91 Å². The Hall–Kier alpha value is -2.36. The van der Waals surface area contributed by atoms with Crippen LogP contribution in [0.4, 0.5) is 5.69 Å². The lowest BCUT2D eigenvalue weighted by Crippen LogP contribution is -2.43. The smallest absolute Gasteiger partial charge is 0.270 e. The Kier molecular flexibility index (Phi) is 6.60. The number of H-pyrrole nitrogens is 1. The molecule has 1 aromatic heterocycles. The number of likely N-dealkylation sites (tertiary alicyclic amines) is 1. The third-order valence-electron chi connectivity index (χ3n) is 6.13. The highest BCUT2D eigenvalue weighted by Crippen LogP contribution is 2.27. The first-order chi connectivity index (χ1) is 15.3. The first-order valence-electron chi connectivity index (χ1n) is 10.8.